The van der Waals surface area contributed by atoms with Crippen molar-refractivity contribution >= 4 is 12.0 Å². The van der Waals surface area contributed by atoms with Crippen molar-refractivity contribution in [3.05, 3.63) is 0 Å². The largest absolute Gasteiger partial charge is 0.480 e. The molecule has 0 unspecified atom stereocenters. The van der Waals surface area contributed by atoms with Crippen LogP contribution >= 0.6 is 0 Å². The van der Waals surface area contributed by atoms with Crippen molar-refractivity contribution in [1.29, 1.82) is 0 Å². The summed E-state index contributed by atoms with van der Waals surface area (Å²) >= 11 is 0. The van der Waals surface area contributed by atoms with Crippen LogP contribution in [-0.2, 0) is 4.79 Å². The van der Waals surface area contributed by atoms with Crippen molar-refractivity contribution in [2.75, 3.05) is 39.8 Å². The van der Waals surface area contributed by atoms with Gasteiger partial charge in [-0.1, -0.05) is 0 Å². The van der Waals surface area contributed by atoms with Crippen molar-refractivity contribution in [2.45, 2.75) is 25.0 Å². The van der Waals surface area contributed by atoms with Crippen LogP contribution in [0, 0.1) is 0 Å². The van der Waals surface area contributed by atoms with E-state index in [1.54, 1.807) is 4.90 Å². The number of carbonyl (C=O) groups is 2. The van der Waals surface area contributed by atoms with E-state index in [4.69, 9.17) is 5.11 Å². The molecule has 2 amide bonds. The predicted octanol–water partition coefficient (Wildman–Crippen LogP) is -0.736. The molecular weight excluding hydrogens is 250 g/mol. The molecule has 0 aromatic rings. The molecule has 0 saturated carbocycles. The van der Waals surface area contributed by atoms with Crippen LogP contribution in [-0.4, -0.2) is 88.8 Å². The summed E-state index contributed by atoms with van der Waals surface area (Å²) in [5.74, 6) is -1.04. The third kappa shape index (κ3) is 3.16. The molecule has 0 radical (unpaired) electrons. The zero-order valence-electron chi connectivity index (χ0n) is 11.2. The number of likely N-dealkylation sites (tertiary alicyclic amines) is 1. The summed E-state index contributed by atoms with van der Waals surface area (Å²) in [6.45, 7) is 3.09. The maximum atomic E-state index is 12.4. The lowest BCUT2D eigenvalue weighted by Gasteiger charge is -2.29. The highest BCUT2D eigenvalue weighted by Gasteiger charge is 2.40. The van der Waals surface area contributed by atoms with Gasteiger partial charge in [0.05, 0.1) is 6.10 Å². The Hall–Kier alpha value is -1.34. The number of carboxylic acid groups (broad SMARTS) is 1. The molecule has 7 heteroatoms. The Kier molecular flexibility index (Phi) is 4.26. The minimum atomic E-state index is -1.04. The number of carbonyl (C=O) groups excluding carboxylic acids is 1. The van der Waals surface area contributed by atoms with Crippen LogP contribution in [0.3, 0.4) is 0 Å². The van der Waals surface area contributed by atoms with Gasteiger partial charge < -0.3 is 24.9 Å². The monoisotopic (exact) mass is 271 g/mol. The maximum Gasteiger partial charge on any atom is 0.326 e. The molecule has 108 valence electrons. The molecule has 2 aliphatic heterocycles. The number of β-amino-alcohol motifs (C(OH)–C–C–N with tert-alkyl or cyclic N) is 1. The Labute approximate surface area is 112 Å². The van der Waals surface area contributed by atoms with Crippen molar-refractivity contribution < 1.29 is 19.8 Å². The molecule has 0 aliphatic carbocycles. The number of amides is 2. The van der Waals surface area contributed by atoms with E-state index in [-0.39, 0.29) is 19.0 Å². The van der Waals surface area contributed by atoms with Gasteiger partial charge in [0.25, 0.3) is 0 Å². The van der Waals surface area contributed by atoms with Crippen molar-refractivity contribution in [1.82, 2.24) is 14.7 Å². The Bertz CT molecular complexity index is 363. The molecule has 0 spiro atoms. The first-order chi connectivity index (χ1) is 8.99. The van der Waals surface area contributed by atoms with Crippen molar-refractivity contribution in [3.63, 3.8) is 0 Å². The van der Waals surface area contributed by atoms with E-state index in [1.165, 1.54) is 4.90 Å². The minimum absolute atomic E-state index is 0.113. The van der Waals surface area contributed by atoms with Gasteiger partial charge in [-0.05, 0) is 20.0 Å². The fourth-order valence-electron chi connectivity index (χ4n) is 2.68. The Morgan fingerprint density at radius 2 is 1.89 bits per heavy atom. The van der Waals surface area contributed by atoms with E-state index in [0.717, 1.165) is 19.5 Å². The summed E-state index contributed by atoms with van der Waals surface area (Å²) in [6.07, 6.45) is 0.269. The molecule has 2 atom stereocenters. The van der Waals surface area contributed by atoms with Gasteiger partial charge in [0.1, 0.15) is 6.04 Å². The van der Waals surface area contributed by atoms with Gasteiger partial charge >= 0.3 is 12.0 Å². The standard InChI is InChI=1S/C12H21N3O4/c1-13-3-2-4-14(6-5-13)12(19)15-8-9(16)7-10(15)11(17)18/h9-10,16H,2-8H2,1H3,(H,17,18)/t9-,10-/m1/s1. The van der Waals surface area contributed by atoms with Gasteiger partial charge in [-0.25, -0.2) is 9.59 Å². The van der Waals surface area contributed by atoms with Crippen LogP contribution < -0.4 is 0 Å². The first-order valence-electron chi connectivity index (χ1n) is 6.64. The first-order valence-corrected chi connectivity index (χ1v) is 6.64. The molecule has 0 aromatic carbocycles. The quantitative estimate of drug-likeness (QED) is 0.656. The number of nitrogens with zero attached hydrogens (tertiary/aromatic N) is 3. The third-order valence-electron chi connectivity index (χ3n) is 3.80. The van der Waals surface area contributed by atoms with E-state index >= 15 is 0 Å². The minimum Gasteiger partial charge on any atom is -0.480 e. The number of aliphatic carboxylic acids is 1. The highest BCUT2D eigenvalue weighted by molar-refractivity contribution is 5.83. The second-order valence-electron chi connectivity index (χ2n) is 5.32. The molecular formula is C12H21N3O4. The maximum absolute atomic E-state index is 12.4. The number of aliphatic hydroxyl groups is 1. The molecule has 2 saturated heterocycles. The lowest BCUT2D eigenvalue weighted by atomic mass is 10.2. The molecule has 2 fully saturated rings. The summed E-state index contributed by atoms with van der Waals surface area (Å²) in [5, 5.41) is 18.7. The molecule has 2 aliphatic rings. The molecule has 7 nitrogen and oxygen atoms in total. The number of likely N-dealkylation sites (N-methyl/N-ethyl adjacent to an activating group) is 1. The van der Waals surface area contributed by atoms with E-state index in [1.807, 2.05) is 7.05 Å². The second-order valence-corrected chi connectivity index (χ2v) is 5.32. The summed E-state index contributed by atoms with van der Waals surface area (Å²) in [7, 11) is 2.01. The lowest BCUT2D eigenvalue weighted by molar-refractivity contribution is -0.141. The summed E-state index contributed by atoms with van der Waals surface area (Å²) in [6, 6.07) is -1.16. The van der Waals surface area contributed by atoms with Crippen LogP contribution in [0.4, 0.5) is 4.79 Å². The van der Waals surface area contributed by atoms with E-state index in [9.17, 15) is 14.7 Å². The molecule has 0 bridgehead atoms. The number of carboxylic acids is 1. The highest BCUT2D eigenvalue weighted by Crippen LogP contribution is 2.20. The third-order valence-corrected chi connectivity index (χ3v) is 3.80. The number of rotatable bonds is 1. The Morgan fingerprint density at radius 1 is 1.16 bits per heavy atom. The first kappa shape index (κ1) is 14.1. The normalized spacial score (nSPS) is 29.4. The Morgan fingerprint density at radius 3 is 2.58 bits per heavy atom. The van der Waals surface area contributed by atoms with Crippen LogP contribution in [0.25, 0.3) is 0 Å². The average molecular weight is 271 g/mol. The van der Waals surface area contributed by atoms with E-state index in [0.29, 0.717) is 13.1 Å². The van der Waals surface area contributed by atoms with E-state index < -0.39 is 18.1 Å². The predicted molar refractivity (Wildman–Crippen MR) is 67.8 cm³/mol. The van der Waals surface area contributed by atoms with Crippen molar-refractivity contribution in [2.24, 2.45) is 0 Å². The molecule has 0 aromatic heterocycles. The smallest absolute Gasteiger partial charge is 0.326 e. The topological polar surface area (TPSA) is 84.3 Å². The van der Waals surface area contributed by atoms with Crippen LogP contribution in [0.1, 0.15) is 12.8 Å². The highest BCUT2D eigenvalue weighted by atomic mass is 16.4. The number of hydrogen-bond donors (Lipinski definition) is 2. The molecule has 2 rings (SSSR count). The van der Waals surface area contributed by atoms with Gasteiger partial charge in [-0.15, -0.1) is 0 Å². The zero-order chi connectivity index (χ0) is 14.0. The fourth-order valence-corrected chi connectivity index (χ4v) is 2.68. The fraction of sp³-hybridized carbons (Fsp3) is 0.833. The van der Waals surface area contributed by atoms with E-state index in [2.05, 4.69) is 4.90 Å². The number of hydrogen-bond acceptors (Lipinski definition) is 4. The van der Waals surface area contributed by atoms with Gasteiger partial charge in [0.15, 0.2) is 0 Å². The Balaban J connectivity index is 2.03. The lowest BCUT2D eigenvalue weighted by Crippen LogP contribution is -2.49. The summed E-state index contributed by atoms with van der Waals surface area (Å²) < 4.78 is 0. The molecule has 19 heavy (non-hydrogen) atoms. The van der Waals surface area contributed by atoms with Crippen molar-refractivity contribution in [3.8, 4) is 0 Å². The molecule has 2 heterocycles. The van der Waals surface area contributed by atoms with Crippen LogP contribution in [0.5, 0.6) is 0 Å². The summed E-state index contributed by atoms with van der Waals surface area (Å²) in [5.41, 5.74) is 0. The number of aliphatic hydroxyl groups excluding tert-OH is 1. The zero-order valence-corrected chi connectivity index (χ0v) is 11.2. The van der Waals surface area contributed by atoms with Gasteiger partial charge in [-0.2, -0.15) is 0 Å². The summed E-state index contributed by atoms with van der Waals surface area (Å²) in [4.78, 5) is 28.6. The van der Waals surface area contributed by atoms with Gasteiger partial charge in [0, 0.05) is 32.6 Å². The second kappa shape index (κ2) is 5.75. The molecule has 2 N–H and O–H groups in total. The average Bonchev–Trinajstić information content (AvgIpc) is 2.61. The van der Waals surface area contributed by atoms with Gasteiger partial charge in [0.2, 0.25) is 0 Å². The van der Waals surface area contributed by atoms with Gasteiger partial charge in [-0.3, -0.25) is 0 Å². The van der Waals surface area contributed by atoms with Crippen LogP contribution in [0.15, 0.2) is 0 Å². The van der Waals surface area contributed by atoms with Crippen LogP contribution in [0.2, 0.25) is 0 Å². The SMILES string of the molecule is CN1CCCN(C(=O)N2C[C@H](O)C[C@@H]2C(=O)O)CC1. The number of urea groups is 1.